The van der Waals surface area contributed by atoms with Crippen LogP contribution in [0.1, 0.15) is 42.1 Å². The van der Waals surface area contributed by atoms with Crippen LogP contribution in [-0.2, 0) is 0 Å². The number of ether oxygens (including phenoxy) is 1. The van der Waals surface area contributed by atoms with Gasteiger partial charge in [-0.15, -0.1) is 5.10 Å². The lowest BCUT2D eigenvalue weighted by Gasteiger charge is -2.31. The molecule has 3 aromatic rings. The molecule has 0 spiro atoms. The molecule has 2 aromatic carbocycles. The molecule has 4 rings (SSSR count). The highest BCUT2D eigenvalue weighted by Crippen LogP contribution is 2.38. The van der Waals surface area contributed by atoms with Crippen LogP contribution in [0.4, 0.5) is 11.9 Å². The summed E-state index contributed by atoms with van der Waals surface area (Å²) in [5.41, 5.74) is 9.50. The number of fused-ring (bicyclic) bond motifs is 1. The van der Waals surface area contributed by atoms with Crippen LogP contribution in [0, 0.1) is 6.92 Å². The van der Waals surface area contributed by atoms with Crippen molar-refractivity contribution in [2.45, 2.75) is 32.4 Å². The van der Waals surface area contributed by atoms with E-state index in [1.54, 1.807) is 0 Å². The van der Waals surface area contributed by atoms with Crippen LogP contribution in [0.2, 0.25) is 0 Å². The summed E-state index contributed by atoms with van der Waals surface area (Å²) in [4.78, 5) is 4.36. The lowest BCUT2D eigenvalue weighted by atomic mass is 9.93. The highest BCUT2D eigenvalue weighted by molar-refractivity contribution is 5.42. The molecule has 1 aliphatic heterocycles. The smallest absolute Gasteiger partial charge is 0.241 e. The maximum atomic E-state index is 5.86. The number of aryl methyl sites for hydroxylation is 1. The van der Waals surface area contributed by atoms with Crippen LogP contribution in [0.5, 0.6) is 5.75 Å². The van der Waals surface area contributed by atoms with Crippen LogP contribution in [0.15, 0.2) is 48.5 Å². The van der Waals surface area contributed by atoms with Crippen molar-refractivity contribution >= 4 is 11.9 Å². The van der Waals surface area contributed by atoms with E-state index in [-0.39, 0.29) is 18.0 Å². The molecule has 0 fully saturated rings. The quantitative estimate of drug-likeness (QED) is 0.751. The summed E-state index contributed by atoms with van der Waals surface area (Å²) in [6, 6.07) is 17.0. The van der Waals surface area contributed by atoms with Gasteiger partial charge in [-0.05, 0) is 43.5 Å². The first-order valence-corrected chi connectivity index (χ1v) is 8.92. The van der Waals surface area contributed by atoms with Gasteiger partial charge in [0.15, 0.2) is 0 Å². The fourth-order valence-electron chi connectivity index (χ4n) is 3.44. The van der Waals surface area contributed by atoms with Gasteiger partial charge in [-0.25, -0.2) is 4.68 Å². The molecule has 1 aliphatic rings. The Morgan fingerprint density at radius 2 is 1.81 bits per heavy atom. The van der Waals surface area contributed by atoms with Crippen LogP contribution in [-0.4, -0.2) is 21.4 Å². The first kappa shape index (κ1) is 16.4. The number of nitrogens with zero attached hydrogens (tertiary/aromatic N) is 3. The van der Waals surface area contributed by atoms with E-state index in [0.29, 0.717) is 12.6 Å². The number of nitrogens with two attached hydrogens (primary N) is 1. The summed E-state index contributed by atoms with van der Waals surface area (Å²) in [5, 5.41) is 7.86. The van der Waals surface area contributed by atoms with Gasteiger partial charge in [0.05, 0.1) is 18.7 Å². The molecule has 0 saturated carbocycles. The molecule has 2 unspecified atom stereocenters. The second kappa shape index (κ2) is 6.71. The molecule has 6 heteroatoms. The van der Waals surface area contributed by atoms with E-state index in [4.69, 9.17) is 10.5 Å². The molecule has 1 aromatic heterocycles. The number of nitrogen functional groups attached to an aromatic ring is 1. The molecular formula is C20H23N5O. The third kappa shape index (κ3) is 3.10. The van der Waals surface area contributed by atoms with Crippen molar-refractivity contribution < 1.29 is 4.74 Å². The maximum absolute atomic E-state index is 5.86. The average Bonchev–Trinajstić information content (AvgIpc) is 3.03. The van der Waals surface area contributed by atoms with Gasteiger partial charge < -0.3 is 15.8 Å². The van der Waals surface area contributed by atoms with Gasteiger partial charge in [-0.3, -0.25) is 0 Å². The Kier molecular flexibility index (Phi) is 4.24. The zero-order valence-electron chi connectivity index (χ0n) is 15.0. The number of benzene rings is 2. The van der Waals surface area contributed by atoms with E-state index in [1.807, 2.05) is 23.7 Å². The summed E-state index contributed by atoms with van der Waals surface area (Å²) in [7, 11) is 0. The van der Waals surface area contributed by atoms with Gasteiger partial charge in [0.2, 0.25) is 11.9 Å². The first-order chi connectivity index (χ1) is 12.6. The lowest BCUT2D eigenvalue weighted by molar-refractivity contribution is 0.340. The van der Waals surface area contributed by atoms with E-state index in [1.165, 1.54) is 16.7 Å². The Balaban J connectivity index is 1.67. The maximum Gasteiger partial charge on any atom is 0.241 e. The summed E-state index contributed by atoms with van der Waals surface area (Å²) >= 11 is 0. The van der Waals surface area contributed by atoms with Gasteiger partial charge in [-0.2, -0.15) is 4.98 Å². The van der Waals surface area contributed by atoms with E-state index >= 15 is 0 Å². The first-order valence-electron chi connectivity index (χ1n) is 8.92. The van der Waals surface area contributed by atoms with Crippen molar-refractivity contribution in [3.63, 3.8) is 0 Å². The molecule has 3 N–H and O–H groups in total. The fraction of sp³-hybridized carbons (Fsp3) is 0.300. The van der Waals surface area contributed by atoms with E-state index in [2.05, 4.69) is 58.7 Å². The number of aromatic nitrogens is 3. The predicted octanol–water partition coefficient (Wildman–Crippen LogP) is 3.71. The molecule has 26 heavy (non-hydrogen) atoms. The predicted molar refractivity (Wildman–Crippen MR) is 102 cm³/mol. The second-order valence-corrected chi connectivity index (χ2v) is 6.60. The normalized spacial score (nSPS) is 18.8. The highest BCUT2D eigenvalue weighted by atomic mass is 16.5. The number of hydrogen-bond acceptors (Lipinski definition) is 5. The third-order valence-corrected chi connectivity index (χ3v) is 4.76. The van der Waals surface area contributed by atoms with Crippen LogP contribution >= 0.6 is 0 Å². The monoisotopic (exact) mass is 349 g/mol. The summed E-state index contributed by atoms with van der Waals surface area (Å²) in [6.45, 7) is 4.74. The minimum atomic E-state index is 0.0909. The Labute approximate surface area is 153 Å². The van der Waals surface area contributed by atoms with Gasteiger partial charge in [0.1, 0.15) is 5.75 Å². The molecule has 2 atom stereocenters. The van der Waals surface area contributed by atoms with Crippen molar-refractivity contribution in [3.05, 3.63) is 65.2 Å². The molecule has 2 heterocycles. The highest BCUT2D eigenvalue weighted by Gasteiger charge is 2.30. The van der Waals surface area contributed by atoms with Crippen LogP contribution in [0.3, 0.4) is 0 Å². The minimum Gasteiger partial charge on any atom is -0.494 e. The SMILES string of the molecule is CCOc1ccc(C2CC(c3ccc(C)cc3)n3nc(N)nc3N2)cc1. The van der Waals surface area contributed by atoms with Crippen molar-refractivity contribution in [1.82, 2.24) is 14.8 Å². The number of nitrogens with one attached hydrogen (secondary N) is 1. The molecule has 0 radical (unpaired) electrons. The van der Waals surface area contributed by atoms with Crippen molar-refractivity contribution in [3.8, 4) is 5.75 Å². The lowest BCUT2D eigenvalue weighted by Crippen LogP contribution is -2.28. The molecule has 6 nitrogen and oxygen atoms in total. The zero-order valence-corrected chi connectivity index (χ0v) is 15.0. The second-order valence-electron chi connectivity index (χ2n) is 6.60. The van der Waals surface area contributed by atoms with Crippen molar-refractivity contribution in [2.24, 2.45) is 0 Å². The Morgan fingerprint density at radius 1 is 1.12 bits per heavy atom. The summed E-state index contributed by atoms with van der Waals surface area (Å²) in [6.07, 6.45) is 0.868. The topological polar surface area (TPSA) is 78.0 Å². The Morgan fingerprint density at radius 3 is 2.50 bits per heavy atom. The van der Waals surface area contributed by atoms with Crippen LogP contribution < -0.4 is 15.8 Å². The average molecular weight is 349 g/mol. The molecule has 134 valence electrons. The zero-order chi connectivity index (χ0) is 18.1. The van der Waals surface area contributed by atoms with Crippen molar-refractivity contribution in [1.29, 1.82) is 0 Å². The van der Waals surface area contributed by atoms with Gasteiger partial charge in [0.25, 0.3) is 0 Å². The summed E-state index contributed by atoms with van der Waals surface area (Å²) < 4.78 is 7.44. The molecule has 0 aliphatic carbocycles. The molecule has 0 bridgehead atoms. The number of hydrogen-bond donors (Lipinski definition) is 2. The standard InChI is InChI=1S/C20H23N5O/c1-3-26-16-10-8-14(9-11-16)17-12-18(15-6-4-13(2)5-7-15)25-20(22-17)23-19(21)24-25/h4-11,17-18H,3,12H2,1-2H3,(H3,21,22,23,24). The van der Waals surface area contributed by atoms with Gasteiger partial charge in [-0.1, -0.05) is 42.0 Å². The number of anilines is 2. The fourth-order valence-corrected chi connectivity index (χ4v) is 3.44. The minimum absolute atomic E-state index is 0.0909. The van der Waals surface area contributed by atoms with Gasteiger partial charge >= 0.3 is 0 Å². The number of rotatable bonds is 4. The molecule has 0 saturated heterocycles. The third-order valence-electron chi connectivity index (χ3n) is 4.76. The Bertz CT molecular complexity index is 886. The van der Waals surface area contributed by atoms with Crippen molar-refractivity contribution in [2.75, 3.05) is 17.7 Å². The summed E-state index contributed by atoms with van der Waals surface area (Å²) in [5.74, 6) is 1.88. The van der Waals surface area contributed by atoms with Gasteiger partial charge in [0, 0.05) is 0 Å². The van der Waals surface area contributed by atoms with E-state index in [9.17, 15) is 0 Å². The molecular weight excluding hydrogens is 326 g/mol. The van der Waals surface area contributed by atoms with E-state index < -0.39 is 0 Å². The van der Waals surface area contributed by atoms with E-state index in [0.717, 1.165) is 12.2 Å². The molecule has 0 amide bonds. The van der Waals surface area contributed by atoms with Crippen LogP contribution in [0.25, 0.3) is 0 Å². The largest absolute Gasteiger partial charge is 0.494 e. The Hall–Kier alpha value is -3.02.